The third kappa shape index (κ3) is 5.03. The minimum absolute atomic E-state index is 0.00632. The molecule has 0 saturated carbocycles. The van der Waals surface area contributed by atoms with Crippen molar-refractivity contribution in [3.63, 3.8) is 0 Å². The van der Waals surface area contributed by atoms with Gasteiger partial charge >= 0.3 is 5.97 Å². The van der Waals surface area contributed by atoms with Crippen LogP contribution in [0, 0.1) is 0 Å². The third-order valence-corrected chi connectivity index (χ3v) is 6.05. The van der Waals surface area contributed by atoms with E-state index in [1.54, 1.807) is 44.4 Å². The minimum atomic E-state index is -0.443. The Kier molecular flexibility index (Phi) is 6.99. The Bertz CT molecular complexity index is 1120. The summed E-state index contributed by atoms with van der Waals surface area (Å²) in [5, 5.41) is 5.21. The second kappa shape index (κ2) is 10.1. The highest BCUT2D eigenvalue weighted by Crippen LogP contribution is 2.31. The van der Waals surface area contributed by atoms with Crippen LogP contribution in [0.25, 0.3) is 11.3 Å². The van der Waals surface area contributed by atoms with Gasteiger partial charge in [0.2, 0.25) is 0 Å². The predicted octanol–water partition coefficient (Wildman–Crippen LogP) is 4.87. The molecule has 2 aromatic carbocycles. The molecule has 8 heteroatoms. The van der Waals surface area contributed by atoms with Crippen molar-refractivity contribution in [3.05, 3.63) is 70.9 Å². The van der Waals surface area contributed by atoms with Crippen molar-refractivity contribution in [2.45, 2.75) is 25.8 Å². The Morgan fingerprint density at radius 3 is 2.33 bits per heavy atom. The molecular formula is C25H26ClN3O4. The van der Waals surface area contributed by atoms with Gasteiger partial charge in [-0.2, -0.15) is 5.10 Å². The lowest BCUT2D eigenvalue weighted by Gasteiger charge is -2.33. The van der Waals surface area contributed by atoms with Crippen LogP contribution in [0.4, 0.5) is 0 Å². The van der Waals surface area contributed by atoms with Gasteiger partial charge in [-0.15, -0.1) is 0 Å². The van der Waals surface area contributed by atoms with Crippen molar-refractivity contribution in [1.29, 1.82) is 0 Å². The maximum Gasteiger partial charge on any atom is 0.358 e. The fraction of sp³-hybridized carbons (Fsp3) is 0.320. The Morgan fingerprint density at radius 2 is 1.73 bits per heavy atom. The molecule has 1 amide bonds. The summed E-state index contributed by atoms with van der Waals surface area (Å²) in [5.74, 6) is 0.305. The van der Waals surface area contributed by atoms with Gasteiger partial charge in [-0.3, -0.25) is 9.48 Å². The maximum atomic E-state index is 12.9. The number of ether oxygens (including phenoxy) is 2. The molecule has 1 aliphatic rings. The van der Waals surface area contributed by atoms with Crippen LogP contribution < -0.4 is 4.74 Å². The van der Waals surface area contributed by atoms with Crippen LogP contribution in [0.15, 0.2) is 54.6 Å². The Morgan fingerprint density at radius 1 is 1.06 bits per heavy atom. The molecule has 0 radical (unpaired) electrons. The van der Waals surface area contributed by atoms with E-state index in [-0.39, 0.29) is 24.2 Å². The van der Waals surface area contributed by atoms with Crippen LogP contribution in [0.5, 0.6) is 5.75 Å². The molecule has 4 rings (SSSR count). The second-order valence-corrected chi connectivity index (χ2v) is 8.28. The number of hydrogen-bond acceptors (Lipinski definition) is 5. The number of benzene rings is 2. The highest BCUT2D eigenvalue weighted by molar-refractivity contribution is 6.30. The largest absolute Gasteiger partial charge is 0.497 e. The molecule has 0 N–H and O–H groups in total. The van der Waals surface area contributed by atoms with Crippen LogP contribution in [0.1, 0.15) is 46.7 Å². The molecule has 172 valence electrons. The van der Waals surface area contributed by atoms with Gasteiger partial charge in [0, 0.05) is 29.2 Å². The fourth-order valence-electron chi connectivity index (χ4n) is 4.04. The number of carbonyl (C=O) groups is 2. The Labute approximate surface area is 197 Å². The van der Waals surface area contributed by atoms with E-state index in [0.29, 0.717) is 23.7 Å². The first-order valence-corrected chi connectivity index (χ1v) is 11.3. The Balaban J connectivity index is 1.55. The van der Waals surface area contributed by atoms with Gasteiger partial charge in [-0.05, 0) is 74.4 Å². The Hall–Kier alpha value is -3.32. The standard InChI is InChI=1S/C25H26ClN3O4/c1-3-33-25(31)22-16-23(17-6-10-21(32-2)11-7-17)29(27-22)20-12-14-28(15-13-20)24(30)18-4-8-19(26)9-5-18/h4-11,16,20H,3,12-15H2,1-2H3. The topological polar surface area (TPSA) is 73.7 Å². The van der Waals surface area contributed by atoms with Crippen LogP contribution in [0.3, 0.4) is 0 Å². The summed E-state index contributed by atoms with van der Waals surface area (Å²) in [6, 6.07) is 16.4. The smallest absolute Gasteiger partial charge is 0.358 e. The first-order valence-electron chi connectivity index (χ1n) is 11.0. The maximum absolute atomic E-state index is 12.9. The minimum Gasteiger partial charge on any atom is -0.497 e. The molecule has 1 saturated heterocycles. The lowest BCUT2D eigenvalue weighted by molar-refractivity contribution is 0.0517. The van der Waals surface area contributed by atoms with Crippen LogP contribution in [-0.4, -0.2) is 53.4 Å². The monoisotopic (exact) mass is 467 g/mol. The van der Waals surface area contributed by atoms with E-state index < -0.39 is 5.97 Å². The normalized spacial score (nSPS) is 14.2. The number of piperidine rings is 1. The van der Waals surface area contributed by atoms with Gasteiger partial charge < -0.3 is 14.4 Å². The van der Waals surface area contributed by atoms with E-state index in [1.165, 1.54) is 0 Å². The van der Waals surface area contributed by atoms with Crippen molar-refractivity contribution in [2.75, 3.05) is 26.8 Å². The van der Waals surface area contributed by atoms with E-state index in [2.05, 4.69) is 5.10 Å². The van der Waals surface area contributed by atoms with Gasteiger partial charge in [0.25, 0.3) is 5.91 Å². The second-order valence-electron chi connectivity index (χ2n) is 7.84. The van der Waals surface area contributed by atoms with E-state index in [9.17, 15) is 9.59 Å². The molecule has 1 fully saturated rings. The SMILES string of the molecule is CCOC(=O)c1cc(-c2ccc(OC)cc2)n(C2CCN(C(=O)c3ccc(Cl)cc3)CC2)n1. The molecular weight excluding hydrogens is 442 g/mol. The molecule has 0 unspecified atom stereocenters. The molecule has 2 heterocycles. The van der Waals surface area contributed by atoms with E-state index >= 15 is 0 Å². The zero-order valence-electron chi connectivity index (χ0n) is 18.7. The number of rotatable bonds is 6. The third-order valence-electron chi connectivity index (χ3n) is 5.79. The van der Waals surface area contributed by atoms with Crippen LogP contribution in [0.2, 0.25) is 5.02 Å². The number of carbonyl (C=O) groups excluding carboxylic acids is 2. The molecule has 1 aromatic heterocycles. The summed E-state index contributed by atoms with van der Waals surface area (Å²) in [4.78, 5) is 27.1. The highest BCUT2D eigenvalue weighted by atomic mass is 35.5. The summed E-state index contributed by atoms with van der Waals surface area (Å²) in [6.45, 7) is 3.26. The van der Waals surface area contributed by atoms with Gasteiger partial charge in [-0.1, -0.05) is 11.6 Å². The van der Waals surface area contributed by atoms with E-state index in [4.69, 9.17) is 21.1 Å². The zero-order valence-corrected chi connectivity index (χ0v) is 19.4. The average molecular weight is 468 g/mol. The summed E-state index contributed by atoms with van der Waals surface area (Å²) in [5.41, 5.74) is 2.67. The van der Waals surface area contributed by atoms with Gasteiger partial charge in [0.15, 0.2) is 5.69 Å². The first kappa shape index (κ1) is 22.9. The predicted molar refractivity (Wildman–Crippen MR) is 126 cm³/mol. The van der Waals surface area contributed by atoms with Crippen LogP contribution >= 0.6 is 11.6 Å². The molecule has 0 atom stereocenters. The summed E-state index contributed by atoms with van der Waals surface area (Å²) in [6.07, 6.45) is 1.46. The fourth-order valence-corrected chi connectivity index (χ4v) is 4.17. The average Bonchev–Trinajstić information content (AvgIpc) is 3.30. The van der Waals surface area contributed by atoms with E-state index in [1.807, 2.05) is 33.8 Å². The lowest BCUT2D eigenvalue weighted by Crippen LogP contribution is -2.39. The summed E-state index contributed by atoms with van der Waals surface area (Å²) >= 11 is 5.94. The highest BCUT2D eigenvalue weighted by Gasteiger charge is 2.28. The summed E-state index contributed by atoms with van der Waals surface area (Å²) < 4.78 is 12.3. The van der Waals surface area contributed by atoms with Crippen molar-refractivity contribution in [3.8, 4) is 17.0 Å². The van der Waals surface area contributed by atoms with Crippen molar-refractivity contribution in [2.24, 2.45) is 0 Å². The number of likely N-dealkylation sites (tertiary alicyclic amines) is 1. The molecule has 33 heavy (non-hydrogen) atoms. The molecule has 7 nitrogen and oxygen atoms in total. The van der Waals surface area contributed by atoms with Gasteiger partial charge in [-0.25, -0.2) is 4.79 Å². The van der Waals surface area contributed by atoms with E-state index in [0.717, 1.165) is 29.8 Å². The number of aromatic nitrogens is 2. The zero-order chi connectivity index (χ0) is 23.4. The number of esters is 1. The number of nitrogens with zero attached hydrogens (tertiary/aromatic N) is 3. The van der Waals surface area contributed by atoms with Crippen molar-refractivity contribution in [1.82, 2.24) is 14.7 Å². The summed E-state index contributed by atoms with van der Waals surface area (Å²) in [7, 11) is 1.62. The van der Waals surface area contributed by atoms with Crippen molar-refractivity contribution >= 4 is 23.5 Å². The van der Waals surface area contributed by atoms with Gasteiger partial charge in [0.1, 0.15) is 5.75 Å². The molecule has 0 bridgehead atoms. The molecule has 0 aliphatic carbocycles. The first-order chi connectivity index (χ1) is 16.0. The van der Waals surface area contributed by atoms with Crippen LogP contribution in [-0.2, 0) is 4.74 Å². The number of methoxy groups -OCH3 is 1. The number of amides is 1. The number of halogens is 1. The molecule has 3 aromatic rings. The number of hydrogen-bond donors (Lipinski definition) is 0. The lowest BCUT2D eigenvalue weighted by atomic mass is 10.0. The van der Waals surface area contributed by atoms with Crippen molar-refractivity contribution < 1.29 is 19.1 Å². The van der Waals surface area contributed by atoms with Gasteiger partial charge in [0.05, 0.1) is 25.5 Å². The molecule has 0 spiro atoms. The molecule has 1 aliphatic heterocycles. The quantitative estimate of drug-likeness (QED) is 0.484.